The third kappa shape index (κ3) is 4.03. The number of hydrogen-bond acceptors (Lipinski definition) is 2. The number of benzene rings is 1. The first-order valence-corrected chi connectivity index (χ1v) is 6.05. The van der Waals surface area contributed by atoms with Gasteiger partial charge in [-0.25, -0.2) is 8.78 Å². The molecule has 2 rings (SSSR count). The van der Waals surface area contributed by atoms with Gasteiger partial charge in [0.25, 0.3) is 5.91 Å². The van der Waals surface area contributed by atoms with Crippen molar-refractivity contribution < 1.29 is 13.6 Å². The molecule has 3 N–H and O–H groups in total. The molecule has 1 atom stereocenters. The summed E-state index contributed by atoms with van der Waals surface area (Å²) in [7, 11) is 0. The molecule has 106 valence electrons. The molecule has 1 fully saturated rings. The van der Waals surface area contributed by atoms with Crippen LogP contribution < -0.4 is 11.1 Å². The van der Waals surface area contributed by atoms with Crippen LogP contribution in [0.4, 0.5) is 8.78 Å². The third-order valence-electron chi connectivity index (χ3n) is 2.98. The van der Waals surface area contributed by atoms with E-state index in [1.165, 1.54) is 0 Å². The Balaban J connectivity index is 0.00000180. The average molecular weight is 311 g/mol. The predicted octanol–water partition coefficient (Wildman–Crippen LogP) is 2.51. The first-order chi connectivity index (χ1) is 8.49. The first kappa shape index (κ1) is 16.1. The van der Waals surface area contributed by atoms with Crippen molar-refractivity contribution in [3.63, 3.8) is 0 Å². The Kier molecular flexibility index (Phi) is 5.52. The van der Waals surface area contributed by atoms with Crippen LogP contribution in [0.3, 0.4) is 0 Å². The molecule has 1 amide bonds. The van der Waals surface area contributed by atoms with Crippen LogP contribution in [0, 0.1) is 17.6 Å². The fraction of sp³-hybridized carbons (Fsp3) is 0.417. The van der Waals surface area contributed by atoms with Crippen molar-refractivity contribution in [3.05, 3.63) is 34.4 Å². The third-order valence-corrected chi connectivity index (χ3v) is 3.27. The zero-order valence-electron chi connectivity index (χ0n) is 9.96. The topological polar surface area (TPSA) is 55.1 Å². The van der Waals surface area contributed by atoms with Crippen LogP contribution >= 0.6 is 24.0 Å². The van der Waals surface area contributed by atoms with Gasteiger partial charge in [0.15, 0.2) is 0 Å². The molecule has 3 nitrogen and oxygen atoms in total. The molecule has 0 radical (unpaired) electrons. The highest BCUT2D eigenvalue weighted by atomic mass is 35.5. The second kappa shape index (κ2) is 6.50. The number of halogens is 4. The second-order valence-corrected chi connectivity index (χ2v) is 4.86. The molecule has 1 unspecified atom stereocenters. The number of nitrogens with two attached hydrogens (primary N) is 1. The van der Waals surface area contributed by atoms with Crippen molar-refractivity contribution in [2.45, 2.75) is 18.9 Å². The van der Waals surface area contributed by atoms with E-state index in [2.05, 4.69) is 5.32 Å². The maximum absolute atomic E-state index is 13.4. The second-order valence-electron chi connectivity index (χ2n) is 4.46. The summed E-state index contributed by atoms with van der Waals surface area (Å²) in [6, 6.07) is 1.44. The summed E-state index contributed by atoms with van der Waals surface area (Å²) in [6.07, 6.45) is 2.11. The minimum Gasteiger partial charge on any atom is -0.350 e. The van der Waals surface area contributed by atoms with Gasteiger partial charge in [-0.15, -0.1) is 12.4 Å². The van der Waals surface area contributed by atoms with Crippen molar-refractivity contribution in [3.8, 4) is 0 Å². The Hall–Kier alpha value is -0.910. The van der Waals surface area contributed by atoms with Crippen LogP contribution in [0.15, 0.2) is 12.1 Å². The molecule has 1 aromatic carbocycles. The number of amides is 1. The van der Waals surface area contributed by atoms with Crippen molar-refractivity contribution in [1.82, 2.24) is 5.32 Å². The van der Waals surface area contributed by atoms with Crippen LogP contribution in [0.1, 0.15) is 23.2 Å². The molecule has 7 heteroatoms. The Morgan fingerprint density at radius 3 is 2.63 bits per heavy atom. The fourth-order valence-corrected chi connectivity index (χ4v) is 1.84. The highest BCUT2D eigenvalue weighted by Crippen LogP contribution is 2.31. The van der Waals surface area contributed by atoms with Crippen LogP contribution in [-0.4, -0.2) is 18.5 Å². The van der Waals surface area contributed by atoms with E-state index < -0.39 is 17.5 Å². The van der Waals surface area contributed by atoms with E-state index in [4.69, 9.17) is 17.3 Å². The molecular formula is C12H14Cl2F2N2O. The van der Waals surface area contributed by atoms with E-state index >= 15 is 0 Å². The number of hydrogen-bond donors (Lipinski definition) is 2. The van der Waals surface area contributed by atoms with Crippen molar-refractivity contribution in [2.24, 2.45) is 11.7 Å². The summed E-state index contributed by atoms with van der Waals surface area (Å²) in [5, 5.41) is 2.15. The first-order valence-electron chi connectivity index (χ1n) is 5.67. The smallest absolute Gasteiger partial charge is 0.254 e. The van der Waals surface area contributed by atoms with Crippen molar-refractivity contribution in [2.75, 3.05) is 6.54 Å². The average Bonchev–Trinajstić information content (AvgIpc) is 3.14. The van der Waals surface area contributed by atoms with Gasteiger partial charge in [-0.1, -0.05) is 11.6 Å². The molecule has 1 aliphatic rings. The fourth-order valence-electron chi connectivity index (χ4n) is 1.69. The van der Waals surface area contributed by atoms with Crippen molar-refractivity contribution in [1.29, 1.82) is 0 Å². The molecule has 0 bridgehead atoms. The summed E-state index contributed by atoms with van der Waals surface area (Å²) in [5.41, 5.74) is 5.43. The van der Waals surface area contributed by atoms with Crippen LogP contribution in [0.25, 0.3) is 0 Å². The number of carbonyl (C=O) groups is 1. The van der Waals surface area contributed by atoms with Gasteiger partial charge in [-0.2, -0.15) is 0 Å². The molecule has 1 aromatic rings. The standard InChI is InChI=1S/C12H13ClF2N2O.ClH/c13-8-4-9(14)7(3-10(8)15)12(18)17-5-11(16)6-1-2-6;/h3-4,6,11H,1-2,5,16H2,(H,17,18);1H. The SMILES string of the molecule is Cl.NC(CNC(=O)c1cc(F)c(Cl)cc1F)C1CC1. The number of nitrogens with one attached hydrogen (secondary N) is 1. The van der Waals surface area contributed by atoms with Gasteiger partial charge >= 0.3 is 0 Å². The summed E-state index contributed by atoms with van der Waals surface area (Å²) in [5.74, 6) is -1.93. The molecule has 0 aromatic heterocycles. The lowest BCUT2D eigenvalue weighted by Crippen LogP contribution is -2.38. The number of carbonyl (C=O) groups excluding carboxylic acids is 1. The van der Waals surface area contributed by atoms with Gasteiger partial charge in [-0.05, 0) is 30.9 Å². The maximum atomic E-state index is 13.4. The van der Waals surface area contributed by atoms with E-state index in [0.717, 1.165) is 25.0 Å². The highest BCUT2D eigenvalue weighted by Gasteiger charge is 2.28. The van der Waals surface area contributed by atoms with E-state index in [1.807, 2.05) is 0 Å². The van der Waals surface area contributed by atoms with Gasteiger partial charge in [0, 0.05) is 12.6 Å². The number of rotatable bonds is 4. The molecule has 0 aliphatic heterocycles. The quantitative estimate of drug-likeness (QED) is 0.840. The van der Waals surface area contributed by atoms with Gasteiger partial charge in [0.1, 0.15) is 11.6 Å². The van der Waals surface area contributed by atoms with Gasteiger partial charge in [0.05, 0.1) is 10.6 Å². The summed E-state index contributed by atoms with van der Waals surface area (Å²) < 4.78 is 26.6. The molecule has 19 heavy (non-hydrogen) atoms. The zero-order valence-corrected chi connectivity index (χ0v) is 11.5. The lowest BCUT2D eigenvalue weighted by atomic mass is 10.1. The Morgan fingerprint density at radius 1 is 1.42 bits per heavy atom. The maximum Gasteiger partial charge on any atom is 0.254 e. The predicted molar refractivity (Wildman–Crippen MR) is 71.6 cm³/mol. The van der Waals surface area contributed by atoms with Crippen LogP contribution in [-0.2, 0) is 0 Å². The highest BCUT2D eigenvalue weighted by molar-refractivity contribution is 6.30. The summed E-state index contributed by atoms with van der Waals surface area (Å²) >= 11 is 5.40. The van der Waals surface area contributed by atoms with Crippen LogP contribution in [0.5, 0.6) is 0 Å². The molecule has 1 saturated carbocycles. The lowest BCUT2D eigenvalue weighted by molar-refractivity contribution is 0.0945. The molecule has 1 aliphatic carbocycles. The molecular weight excluding hydrogens is 297 g/mol. The van der Waals surface area contributed by atoms with E-state index in [0.29, 0.717) is 5.92 Å². The van der Waals surface area contributed by atoms with E-state index in [-0.39, 0.29) is 35.6 Å². The summed E-state index contributed by atoms with van der Waals surface area (Å²) in [4.78, 5) is 11.7. The van der Waals surface area contributed by atoms with Gasteiger partial charge < -0.3 is 11.1 Å². The molecule has 0 heterocycles. The molecule has 0 saturated heterocycles. The monoisotopic (exact) mass is 310 g/mol. The van der Waals surface area contributed by atoms with Crippen molar-refractivity contribution >= 4 is 29.9 Å². The van der Waals surface area contributed by atoms with Gasteiger partial charge in [0.2, 0.25) is 0 Å². The van der Waals surface area contributed by atoms with E-state index in [1.54, 1.807) is 0 Å². The minimum absolute atomic E-state index is 0. The van der Waals surface area contributed by atoms with E-state index in [9.17, 15) is 13.6 Å². The zero-order chi connectivity index (χ0) is 13.3. The Morgan fingerprint density at radius 2 is 2.05 bits per heavy atom. The largest absolute Gasteiger partial charge is 0.350 e. The normalized spacial score (nSPS) is 15.6. The minimum atomic E-state index is -0.848. The van der Waals surface area contributed by atoms with Crippen LogP contribution in [0.2, 0.25) is 5.02 Å². The Labute approximate surface area is 120 Å². The Bertz CT molecular complexity index is 481. The van der Waals surface area contributed by atoms with Gasteiger partial charge in [-0.3, -0.25) is 4.79 Å². The lowest BCUT2D eigenvalue weighted by Gasteiger charge is -2.12. The molecule has 0 spiro atoms. The summed E-state index contributed by atoms with van der Waals surface area (Å²) in [6.45, 7) is 0.257.